The standard InChI is InChI=1S/C13H24N2O3/c1-8-13(5,9-10(16)15(6)7)14-11(17)18-12(2,3)4/h8H,1,9H2,2-7H3,(H,14,17)/t13-/m0/s1. The van der Waals surface area contributed by atoms with Gasteiger partial charge in [0.1, 0.15) is 5.60 Å². The number of nitrogens with zero attached hydrogens (tertiary/aromatic N) is 1. The van der Waals surface area contributed by atoms with Crippen molar-refractivity contribution in [3.05, 3.63) is 12.7 Å². The van der Waals surface area contributed by atoms with Gasteiger partial charge >= 0.3 is 6.09 Å². The van der Waals surface area contributed by atoms with E-state index in [0.29, 0.717) is 0 Å². The van der Waals surface area contributed by atoms with Crippen LogP contribution in [-0.4, -0.2) is 42.1 Å². The van der Waals surface area contributed by atoms with Crippen LogP contribution in [-0.2, 0) is 9.53 Å². The first-order valence-corrected chi connectivity index (χ1v) is 5.84. The lowest BCUT2D eigenvalue weighted by molar-refractivity contribution is -0.129. The molecule has 0 rings (SSSR count). The fourth-order valence-corrected chi connectivity index (χ4v) is 1.18. The highest BCUT2D eigenvalue weighted by Gasteiger charge is 2.29. The Labute approximate surface area is 109 Å². The zero-order valence-electron chi connectivity index (χ0n) is 12.2. The summed E-state index contributed by atoms with van der Waals surface area (Å²) in [7, 11) is 3.33. The van der Waals surface area contributed by atoms with E-state index in [1.165, 1.54) is 4.90 Å². The van der Waals surface area contributed by atoms with Crippen molar-refractivity contribution in [3.63, 3.8) is 0 Å². The molecule has 0 fully saturated rings. The summed E-state index contributed by atoms with van der Waals surface area (Å²) < 4.78 is 5.15. The lowest BCUT2D eigenvalue weighted by Crippen LogP contribution is -2.49. The number of carbonyl (C=O) groups excluding carboxylic acids is 2. The molecular weight excluding hydrogens is 232 g/mol. The van der Waals surface area contributed by atoms with Crippen molar-refractivity contribution in [2.45, 2.75) is 45.3 Å². The van der Waals surface area contributed by atoms with E-state index >= 15 is 0 Å². The average molecular weight is 256 g/mol. The van der Waals surface area contributed by atoms with Gasteiger partial charge in [0, 0.05) is 14.1 Å². The van der Waals surface area contributed by atoms with E-state index in [0.717, 1.165) is 0 Å². The minimum Gasteiger partial charge on any atom is -0.444 e. The molecule has 0 aliphatic rings. The van der Waals surface area contributed by atoms with Crippen LogP contribution in [0.25, 0.3) is 0 Å². The first-order chi connectivity index (χ1) is 7.99. The maximum Gasteiger partial charge on any atom is 0.408 e. The van der Waals surface area contributed by atoms with E-state index in [1.807, 2.05) is 0 Å². The number of carbonyl (C=O) groups is 2. The second-order valence-corrected chi connectivity index (χ2v) is 5.71. The van der Waals surface area contributed by atoms with Crippen LogP contribution in [0.1, 0.15) is 34.1 Å². The Morgan fingerprint density at radius 3 is 2.11 bits per heavy atom. The molecule has 0 unspecified atom stereocenters. The smallest absolute Gasteiger partial charge is 0.408 e. The van der Waals surface area contributed by atoms with Gasteiger partial charge in [-0.3, -0.25) is 4.79 Å². The first kappa shape index (κ1) is 16.5. The van der Waals surface area contributed by atoms with Crippen LogP contribution >= 0.6 is 0 Å². The fourth-order valence-electron chi connectivity index (χ4n) is 1.18. The van der Waals surface area contributed by atoms with E-state index in [9.17, 15) is 9.59 Å². The Morgan fingerprint density at radius 1 is 1.28 bits per heavy atom. The highest BCUT2D eigenvalue weighted by Crippen LogP contribution is 2.14. The number of nitrogens with one attached hydrogen (secondary N) is 1. The third-order valence-electron chi connectivity index (χ3n) is 2.25. The van der Waals surface area contributed by atoms with Crippen molar-refractivity contribution in [1.82, 2.24) is 10.2 Å². The normalized spacial score (nSPS) is 14.3. The number of amides is 2. The molecule has 0 heterocycles. The van der Waals surface area contributed by atoms with Gasteiger partial charge in [0.15, 0.2) is 0 Å². The highest BCUT2D eigenvalue weighted by atomic mass is 16.6. The molecule has 0 spiro atoms. The monoisotopic (exact) mass is 256 g/mol. The van der Waals surface area contributed by atoms with Gasteiger partial charge in [-0.1, -0.05) is 6.08 Å². The van der Waals surface area contributed by atoms with Crippen molar-refractivity contribution in [2.75, 3.05) is 14.1 Å². The summed E-state index contributed by atoms with van der Waals surface area (Å²) >= 11 is 0. The van der Waals surface area contributed by atoms with Crippen molar-refractivity contribution in [2.24, 2.45) is 0 Å². The molecule has 5 nitrogen and oxygen atoms in total. The number of alkyl carbamates (subject to hydrolysis) is 1. The molecule has 104 valence electrons. The lowest BCUT2D eigenvalue weighted by Gasteiger charge is -2.29. The maximum atomic E-state index is 11.7. The second kappa shape index (κ2) is 5.89. The Hall–Kier alpha value is -1.52. The molecule has 0 aromatic carbocycles. The third kappa shape index (κ3) is 6.27. The molecule has 2 amide bonds. The summed E-state index contributed by atoms with van der Waals surface area (Å²) in [4.78, 5) is 24.8. The topological polar surface area (TPSA) is 58.6 Å². The summed E-state index contributed by atoms with van der Waals surface area (Å²) in [5.41, 5.74) is -1.39. The number of ether oxygens (including phenoxy) is 1. The van der Waals surface area contributed by atoms with Gasteiger partial charge in [-0.05, 0) is 27.7 Å². The predicted molar refractivity (Wildman–Crippen MR) is 71.3 cm³/mol. The van der Waals surface area contributed by atoms with Crippen LogP contribution in [0.2, 0.25) is 0 Å². The van der Waals surface area contributed by atoms with Crippen LogP contribution in [0.3, 0.4) is 0 Å². The number of rotatable bonds is 4. The fraction of sp³-hybridized carbons (Fsp3) is 0.692. The molecule has 0 radical (unpaired) electrons. The quantitative estimate of drug-likeness (QED) is 0.782. The Balaban J connectivity index is 4.62. The average Bonchev–Trinajstić information content (AvgIpc) is 2.13. The van der Waals surface area contributed by atoms with E-state index in [4.69, 9.17) is 4.74 Å². The minimum absolute atomic E-state index is 0.0894. The van der Waals surface area contributed by atoms with Crippen molar-refractivity contribution in [3.8, 4) is 0 Å². The molecular formula is C13H24N2O3. The highest BCUT2D eigenvalue weighted by molar-refractivity contribution is 5.78. The van der Waals surface area contributed by atoms with Gasteiger partial charge in [-0.15, -0.1) is 6.58 Å². The van der Waals surface area contributed by atoms with Crippen LogP contribution in [0.15, 0.2) is 12.7 Å². The van der Waals surface area contributed by atoms with Crippen molar-refractivity contribution in [1.29, 1.82) is 0 Å². The Bertz CT molecular complexity index is 332. The molecule has 0 saturated heterocycles. The minimum atomic E-state index is -0.816. The Kier molecular flexibility index (Phi) is 5.39. The molecule has 0 saturated carbocycles. The molecule has 0 aliphatic heterocycles. The van der Waals surface area contributed by atoms with E-state index in [1.54, 1.807) is 47.9 Å². The molecule has 0 bridgehead atoms. The molecule has 1 atom stereocenters. The van der Waals surface area contributed by atoms with Crippen LogP contribution in [0.4, 0.5) is 4.79 Å². The maximum absolute atomic E-state index is 11.7. The molecule has 0 aliphatic carbocycles. The Morgan fingerprint density at radius 2 is 1.78 bits per heavy atom. The van der Waals surface area contributed by atoms with Crippen LogP contribution in [0.5, 0.6) is 0 Å². The van der Waals surface area contributed by atoms with Crippen LogP contribution in [0, 0.1) is 0 Å². The van der Waals surface area contributed by atoms with Gasteiger partial charge in [-0.2, -0.15) is 0 Å². The molecule has 5 heteroatoms. The zero-order valence-corrected chi connectivity index (χ0v) is 12.2. The predicted octanol–water partition coefficient (Wildman–Crippen LogP) is 1.93. The zero-order chi connectivity index (χ0) is 14.6. The van der Waals surface area contributed by atoms with Crippen molar-refractivity contribution < 1.29 is 14.3 Å². The molecule has 0 aromatic rings. The molecule has 18 heavy (non-hydrogen) atoms. The van der Waals surface area contributed by atoms with E-state index in [-0.39, 0.29) is 12.3 Å². The third-order valence-corrected chi connectivity index (χ3v) is 2.25. The second-order valence-electron chi connectivity index (χ2n) is 5.71. The SMILES string of the molecule is C=C[C@@](C)(CC(=O)N(C)C)NC(=O)OC(C)(C)C. The van der Waals surface area contributed by atoms with Gasteiger partial charge < -0.3 is 15.0 Å². The summed E-state index contributed by atoms with van der Waals surface area (Å²) in [6.07, 6.45) is 1.12. The number of hydrogen-bond donors (Lipinski definition) is 1. The van der Waals surface area contributed by atoms with Gasteiger partial charge in [-0.25, -0.2) is 4.79 Å². The molecule has 1 N–H and O–H groups in total. The van der Waals surface area contributed by atoms with E-state index in [2.05, 4.69) is 11.9 Å². The summed E-state index contributed by atoms with van der Waals surface area (Å²) in [6.45, 7) is 10.7. The lowest BCUT2D eigenvalue weighted by atomic mass is 9.97. The van der Waals surface area contributed by atoms with E-state index < -0.39 is 17.2 Å². The van der Waals surface area contributed by atoms with Gasteiger partial charge in [0.2, 0.25) is 5.91 Å². The van der Waals surface area contributed by atoms with Gasteiger partial charge in [0.05, 0.1) is 12.0 Å². The number of hydrogen-bond acceptors (Lipinski definition) is 3. The van der Waals surface area contributed by atoms with Gasteiger partial charge in [0.25, 0.3) is 0 Å². The first-order valence-electron chi connectivity index (χ1n) is 5.84. The summed E-state index contributed by atoms with van der Waals surface area (Å²) in [5, 5.41) is 2.66. The summed E-state index contributed by atoms with van der Waals surface area (Å²) in [5.74, 6) is -0.0894. The summed E-state index contributed by atoms with van der Waals surface area (Å²) in [6, 6.07) is 0. The van der Waals surface area contributed by atoms with Crippen molar-refractivity contribution >= 4 is 12.0 Å². The largest absolute Gasteiger partial charge is 0.444 e. The van der Waals surface area contributed by atoms with Crippen LogP contribution < -0.4 is 5.32 Å². The molecule has 0 aromatic heterocycles.